The third-order valence-electron chi connectivity index (χ3n) is 5.10. The smallest absolute Gasteiger partial charge is 0.308 e. The predicted molar refractivity (Wildman–Crippen MR) is 116 cm³/mol. The van der Waals surface area contributed by atoms with Crippen LogP contribution in [0.3, 0.4) is 0 Å². The number of aliphatic imine (C=N–C) groups is 1. The maximum absolute atomic E-state index is 11.8. The summed E-state index contributed by atoms with van der Waals surface area (Å²) in [5.74, 6) is 1.33. The molecule has 0 bridgehead atoms. The van der Waals surface area contributed by atoms with Crippen molar-refractivity contribution >= 4 is 11.9 Å². The Morgan fingerprint density at radius 3 is 2.67 bits per heavy atom. The summed E-state index contributed by atoms with van der Waals surface area (Å²) in [5.41, 5.74) is 2.14. The first-order chi connectivity index (χ1) is 14.7. The van der Waals surface area contributed by atoms with E-state index < -0.39 is 0 Å². The fourth-order valence-electron chi connectivity index (χ4n) is 3.44. The van der Waals surface area contributed by atoms with Crippen LogP contribution in [0.15, 0.2) is 53.7 Å². The molecular formula is C23H30N4O3. The molecule has 2 heterocycles. The largest absolute Gasteiger partial charge is 0.473 e. The van der Waals surface area contributed by atoms with Gasteiger partial charge in [0.2, 0.25) is 5.88 Å². The van der Waals surface area contributed by atoms with Crippen molar-refractivity contribution in [1.82, 2.24) is 15.2 Å². The lowest BCUT2D eigenvalue weighted by Crippen LogP contribution is -2.46. The normalized spacial score (nSPS) is 15.0. The molecule has 0 aliphatic carbocycles. The van der Waals surface area contributed by atoms with Crippen LogP contribution >= 0.6 is 0 Å². The van der Waals surface area contributed by atoms with Crippen LogP contribution < -0.4 is 10.1 Å². The van der Waals surface area contributed by atoms with Crippen molar-refractivity contribution in [2.24, 2.45) is 10.9 Å². The van der Waals surface area contributed by atoms with Gasteiger partial charge < -0.3 is 19.7 Å². The molecule has 0 atom stereocenters. The number of carbonyl (C=O) groups excluding carboxylic acids is 1. The second-order valence-electron chi connectivity index (χ2n) is 7.23. The fraction of sp³-hybridized carbons (Fsp3) is 0.435. The van der Waals surface area contributed by atoms with Crippen LogP contribution in [-0.4, -0.2) is 48.6 Å². The van der Waals surface area contributed by atoms with E-state index in [0.29, 0.717) is 19.0 Å². The molecule has 1 aliphatic rings. The first-order valence-electron chi connectivity index (χ1n) is 10.4. The molecule has 1 aromatic carbocycles. The summed E-state index contributed by atoms with van der Waals surface area (Å²) in [6.07, 6.45) is 3.31. The van der Waals surface area contributed by atoms with Crippen molar-refractivity contribution in [2.75, 3.05) is 26.7 Å². The molecule has 0 amide bonds. The maximum atomic E-state index is 11.8. The van der Waals surface area contributed by atoms with Crippen LogP contribution in [0.1, 0.15) is 30.9 Å². The lowest BCUT2D eigenvalue weighted by Gasteiger charge is -2.33. The van der Waals surface area contributed by atoms with E-state index in [1.807, 2.05) is 42.5 Å². The predicted octanol–water partition coefficient (Wildman–Crippen LogP) is 3.01. The van der Waals surface area contributed by atoms with E-state index in [2.05, 4.69) is 22.1 Å². The van der Waals surface area contributed by atoms with Gasteiger partial charge in [0.15, 0.2) is 5.96 Å². The van der Waals surface area contributed by atoms with Crippen molar-refractivity contribution in [2.45, 2.75) is 32.9 Å². The highest BCUT2D eigenvalue weighted by molar-refractivity contribution is 5.80. The molecular weight excluding hydrogens is 380 g/mol. The van der Waals surface area contributed by atoms with E-state index in [9.17, 15) is 4.79 Å². The first-order valence-corrected chi connectivity index (χ1v) is 10.4. The van der Waals surface area contributed by atoms with Crippen LogP contribution in [0, 0.1) is 5.92 Å². The molecule has 7 nitrogen and oxygen atoms in total. The van der Waals surface area contributed by atoms with Crippen molar-refractivity contribution in [3.05, 3.63) is 59.8 Å². The molecule has 1 fully saturated rings. The highest BCUT2D eigenvalue weighted by atomic mass is 16.5. The van der Waals surface area contributed by atoms with E-state index in [4.69, 9.17) is 14.5 Å². The molecule has 3 rings (SSSR count). The maximum Gasteiger partial charge on any atom is 0.308 e. The molecule has 2 aromatic rings. The van der Waals surface area contributed by atoms with Crippen LogP contribution in [-0.2, 0) is 22.7 Å². The van der Waals surface area contributed by atoms with Crippen LogP contribution in [0.4, 0.5) is 0 Å². The summed E-state index contributed by atoms with van der Waals surface area (Å²) in [4.78, 5) is 23.0. The van der Waals surface area contributed by atoms with E-state index >= 15 is 0 Å². The summed E-state index contributed by atoms with van der Waals surface area (Å²) < 4.78 is 10.7. The Hall–Kier alpha value is -3.09. The Morgan fingerprint density at radius 1 is 1.20 bits per heavy atom. The number of likely N-dealkylation sites (tertiary alicyclic amines) is 1. The molecule has 1 aromatic heterocycles. The Bertz CT molecular complexity index is 833. The van der Waals surface area contributed by atoms with Gasteiger partial charge in [0.25, 0.3) is 0 Å². The second-order valence-corrected chi connectivity index (χ2v) is 7.23. The highest BCUT2D eigenvalue weighted by Gasteiger charge is 2.26. The minimum atomic E-state index is -0.114. The number of hydrogen-bond donors (Lipinski definition) is 1. The van der Waals surface area contributed by atoms with Gasteiger partial charge in [0.05, 0.1) is 19.6 Å². The molecule has 0 unspecified atom stereocenters. The van der Waals surface area contributed by atoms with Gasteiger partial charge >= 0.3 is 5.97 Å². The van der Waals surface area contributed by atoms with Gasteiger partial charge in [-0.15, -0.1) is 0 Å². The van der Waals surface area contributed by atoms with Gasteiger partial charge in [-0.25, -0.2) is 9.98 Å². The van der Waals surface area contributed by atoms with Crippen molar-refractivity contribution < 1.29 is 14.3 Å². The number of carbonyl (C=O) groups is 1. The van der Waals surface area contributed by atoms with Gasteiger partial charge in [-0.2, -0.15) is 0 Å². The second kappa shape index (κ2) is 11.2. The molecule has 0 spiro atoms. The molecule has 160 valence electrons. The van der Waals surface area contributed by atoms with Gasteiger partial charge in [-0.05, 0) is 37.0 Å². The van der Waals surface area contributed by atoms with Crippen LogP contribution in [0.2, 0.25) is 0 Å². The Kier molecular flexibility index (Phi) is 8.06. The van der Waals surface area contributed by atoms with E-state index in [0.717, 1.165) is 49.6 Å². The molecule has 0 saturated carbocycles. The zero-order chi connectivity index (χ0) is 21.2. The number of esters is 1. The van der Waals surface area contributed by atoms with Gasteiger partial charge in [0, 0.05) is 31.9 Å². The summed E-state index contributed by atoms with van der Waals surface area (Å²) in [6, 6.07) is 13.9. The molecule has 0 radical (unpaired) electrons. The average molecular weight is 411 g/mol. The molecule has 1 aliphatic heterocycles. The number of benzene rings is 1. The molecule has 7 heteroatoms. The summed E-state index contributed by atoms with van der Waals surface area (Å²) in [6.45, 7) is 5.43. The third-order valence-corrected chi connectivity index (χ3v) is 5.10. The first kappa shape index (κ1) is 21.6. The minimum absolute atomic E-state index is 0.0151. The van der Waals surface area contributed by atoms with Crippen LogP contribution in [0.5, 0.6) is 5.88 Å². The Labute approximate surface area is 178 Å². The Balaban J connectivity index is 1.58. The number of guanidine groups is 1. The van der Waals surface area contributed by atoms with Crippen molar-refractivity contribution in [1.29, 1.82) is 0 Å². The highest BCUT2D eigenvalue weighted by Crippen LogP contribution is 2.19. The monoisotopic (exact) mass is 410 g/mol. The summed E-state index contributed by atoms with van der Waals surface area (Å²) in [7, 11) is 1.45. The number of ether oxygens (including phenoxy) is 2. The topological polar surface area (TPSA) is 76.1 Å². The van der Waals surface area contributed by atoms with E-state index in [-0.39, 0.29) is 11.9 Å². The third kappa shape index (κ3) is 6.20. The molecule has 1 saturated heterocycles. The van der Waals surface area contributed by atoms with Gasteiger partial charge in [-0.3, -0.25) is 4.79 Å². The Morgan fingerprint density at radius 2 is 1.97 bits per heavy atom. The zero-order valence-electron chi connectivity index (χ0n) is 17.7. The lowest BCUT2D eigenvalue weighted by molar-refractivity contribution is -0.146. The number of pyridine rings is 1. The van der Waals surface area contributed by atoms with Crippen molar-refractivity contribution in [3.63, 3.8) is 0 Å². The van der Waals surface area contributed by atoms with Crippen molar-refractivity contribution in [3.8, 4) is 5.88 Å². The SMILES string of the molecule is CCNC(=NCc1ccnc(OCc2ccccc2)c1)N1CCC(C(=O)OC)CC1. The van der Waals surface area contributed by atoms with E-state index in [1.165, 1.54) is 7.11 Å². The van der Waals surface area contributed by atoms with Gasteiger partial charge in [0.1, 0.15) is 6.61 Å². The number of hydrogen-bond acceptors (Lipinski definition) is 5. The number of rotatable bonds is 7. The fourth-order valence-corrected chi connectivity index (χ4v) is 3.44. The summed E-state index contributed by atoms with van der Waals surface area (Å²) >= 11 is 0. The lowest BCUT2D eigenvalue weighted by atomic mass is 9.97. The summed E-state index contributed by atoms with van der Waals surface area (Å²) in [5, 5.41) is 3.35. The quantitative estimate of drug-likeness (QED) is 0.430. The number of methoxy groups -OCH3 is 1. The van der Waals surface area contributed by atoms with E-state index in [1.54, 1.807) is 6.20 Å². The molecule has 1 N–H and O–H groups in total. The van der Waals surface area contributed by atoms with Gasteiger partial charge in [-0.1, -0.05) is 30.3 Å². The minimum Gasteiger partial charge on any atom is -0.473 e. The number of aromatic nitrogens is 1. The number of nitrogens with zero attached hydrogens (tertiary/aromatic N) is 3. The molecule has 30 heavy (non-hydrogen) atoms. The van der Waals surface area contributed by atoms with Crippen LogP contribution in [0.25, 0.3) is 0 Å². The number of nitrogens with one attached hydrogen (secondary N) is 1. The average Bonchev–Trinajstić information content (AvgIpc) is 2.81. The zero-order valence-corrected chi connectivity index (χ0v) is 17.7. The number of piperidine rings is 1. The standard InChI is InChI=1S/C23H30N4O3/c1-3-24-23(27-13-10-20(11-14-27)22(28)29-2)26-16-19-9-12-25-21(15-19)30-17-18-7-5-4-6-8-18/h4-9,12,15,20H,3,10-11,13-14,16-17H2,1-2H3,(H,24,26).